The molecular formula is C13H21N5O2. The number of nitrogens with one attached hydrogen (secondary N) is 1. The van der Waals surface area contributed by atoms with Crippen molar-refractivity contribution in [2.24, 2.45) is 17.2 Å². The molecule has 1 aromatic rings. The lowest BCUT2D eigenvalue weighted by Crippen LogP contribution is -2.27. The fraction of sp³-hybridized carbons (Fsp3) is 0.615. The summed E-state index contributed by atoms with van der Waals surface area (Å²) in [6, 6.07) is 2.96. The zero-order valence-electron chi connectivity index (χ0n) is 12.1. The van der Waals surface area contributed by atoms with E-state index >= 15 is 0 Å². The largest absolute Gasteiger partial charge is 0.351 e. The van der Waals surface area contributed by atoms with Crippen LogP contribution in [0.4, 0.5) is 17.3 Å². The molecular weight excluding hydrogens is 258 g/mol. The lowest BCUT2D eigenvalue weighted by atomic mass is 9.80. The van der Waals surface area contributed by atoms with Crippen molar-refractivity contribution in [1.82, 2.24) is 4.98 Å². The second-order valence-electron chi connectivity index (χ2n) is 6.24. The molecule has 0 saturated carbocycles. The first-order chi connectivity index (χ1) is 9.32. The molecule has 0 amide bonds. The molecule has 1 unspecified atom stereocenters. The predicted molar refractivity (Wildman–Crippen MR) is 78.5 cm³/mol. The van der Waals surface area contributed by atoms with Crippen molar-refractivity contribution >= 4 is 17.3 Å². The van der Waals surface area contributed by atoms with E-state index in [-0.39, 0.29) is 11.1 Å². The van der Waals surface area contributed by atoms with Crippen molar-refractivity contribution in [3.05, 3.63) is 22.2 Å². The highest BCUT2D eigenvalue weighted by molar-refractivity contribution is 5.62. The van der Waals surface area contributed by atoms with Gasteiger partial charge in [0.2, 0.25) is 5.82 Å². The minimum Gasteiger partial charge on any atom is -0.351 e. The zero-order valence-corrected chi connectivity index (χ0v) is 12.1. The SMILES string of the molecule is CC(C)(C)C1CCN(c2nc(NN)ccc2[N+](=O)[O-])C1. The normalized spacial score (nSPS) is 19.2. The van der Waals surface area contributed by atoms with Crippen LogP contribution in [0.2, 0.25) is 0 Å². The second-order valence-corrected chi connectivity index (χ2v) is 6.24. The van der Waals surface area contributed by atoms with E-state index in [2.05, 4.69) is 31.2 Å². The Labute approximate surface area is 118 Å². The molecule has 1 fully saturated rings. The number of pyridine rings is 1. The van der Waals surface area contributed by atoms with E-state index in [1.165, 1.54) is 12.1 Å². The van der Waals surface area contributed by atoms with E-state index in [4.69, 9.17) is 5.84 Å². The third-order valence-corrected chi connectivity index (χ3v) is 3.91. The summed E-state index contributed by atoms with van der Waals surface area (Å²) < 4.78 is 0. The summed E-state index contributed by atoms with van der Waals surface area (Å²) in [7, 11) is 0. The minimum atomic E-state index is -0.396. The zero-order chi connectivity index (χ0) is 14.9. The van der Waals surface area contributed by atoms with Gasteiger partial charge < -0.3 is 10.3 Å². The van der Waals surface area contributed by atoms with Gasteiger partial charge >= 0.3 is 5.69 Å². The summed E-state index contributed by atoms with van der Waals surface area (Å²) in [5, 5.41) is 11.1. The van der Waals surface area contributed by atoms with Gasteiger partial charge in [0, 0.05) is 19.2 Å². The van der Waals surface area contributed by atoms with Crippen molar-refractivity contribution in [3.63, 3.8) is 0 Å². The van der Waals surface area contributed by atoms with Crippen LogP contribution in [0.1, 0.15) is 27.2 Å². The van der Waals surface area contributed by atoms with Crippen LogP contribution in [-0.2, 0) is 0 Å². The standard InChI is InChI=1S/C13H21N5O2/c1-13(2,3)9-6-7-17(8-9)12-10(18(19)20)4-5-11(15-12)16-14/h4-5,9H,6-8,14H2,1-3H3,(H,15,16). The Kier molecular flexibility index (Phi) is 3.80. The van der Waals surface area contributed by atoms with Crippen LogP contribution in [0.25, 0.3) is 0 Å². The first-order valence-electron chi connectivity index (χ1n) is 6.70. The highest BCUT2D eigenvalue weighted by Gasteiger charge is 2.34. The number of hydrazine groups is 1. The summed E-state index contributed by atoms with van der Waals surface area (Å²) in [4.78, 5) is 17.0. The Hall–Kier alpha value is -1.89. The van der Waals surface area contributed by atoms with Gasteiger partial charge in [-0.15, -0.1) is 0 Å². The lowest BCUT2D eigenvalue weighted by Gasteiger charge is -2.27. The number of hydrogen-bond acceptors (Lipinski definition) is 6. The quantitative estimate of drug-likeness (QED) is 0.500. The molecule has 1 aromatic heterocycles. The average Bonchev–Trinajstić information content (AvgIpc) is 2.87. The number of nitrogen functional groups attached to an aromatic ring is 1. The van der Waals surface area contributed by atoms with Crippen LogP contribution in [0.3, 0.4) is 0 Å². The molecule has 0 aliphatic carbocycles. The van der Waals surface area contributed by atoms with Gasteiger partial charge in [0.15, 0.2) is 0 Å². The van der Waals surface area contributed by atoms with Crippen molar-refractivity contribution in [3.8, 4) is 0 Å². The topological polar surface area (TPSA) is 97.3 Å². The van der Waals surface area contributed by atoms with Gasteiger partial charge in [-0.2, -0.15) is 0 Å². The van der Waals surface area contributed by atoms with E-state index in [9.17, 15) is 10.1 Å². The number of nitro groups is 1. The van der Waals surface area contributed by atoms with Gasteiger partial charge in [-0.25, -0.2) is 10.8 Å². The van der Waals surface area contributed by atoms with Gasteiger partial charge in [-0.1, -0.05) is 20.8 Å². The highest BCUT2D eigenvalue weighted by Crippen LogP contribution is 2.37. The molecule has 0 radical (unpaired) electrons. The van der Waals surface area contributed by atoms with E-state index in [0.29, 0.717) is 17.6 Å². The van der Waals surface area contributed by atoms with E-state index in [1.54, 1.807) is 0 Å². The van der Waals surface area contributed by atoms with Crippen molar-refractivity contribution in [2.45, 2.75) is 27.2 Å². The van der Waals surface area contributed by atoms with E-state index in [0.717, 1.165) is 19.5 Å². The van der Waals surface area contributed by atoms with Crippen LogP contribution in [0, 0.1) is 21.4 Å². The molecule has 7 nitrogen and oxygen atoms in total. The van der Waals surface area contributed by atoms with Gasteiger partial charge in [0.25, 0.3) is 0 Å². The molecule has 1 aliphatic heterocycles. The van der Waals surface area contributed by atoms with Crippen molar-refractivity contribution in [1.29, 1.82) is 0 Å². The fourth-order valence-electron chi connectivity index (χ4n) is 2.56. The molecule has 2 heterocycles. The van der Waals surface area contributed by atoms with Crippen molar-refractivity contribution in [2.75, 3.05) is 23.4 Å². The number of nitrogens with zero attached hydrogens (tertiary/aromatic N) is 3. The van der Waals surface area contributed by atoms with E-state index < -0.39 is 4.92 Å². The summed E-state index contributed by atoms with van der Waals surface area (Å²) >= 11 is 0. The summed E-state index contributed by atoms with van der Waals surface area (Å²) in [5.74, 6) is 6.67. The molecule has 0 spiro atoms. The van der Waals surface area contributed by atoms with Gasteiger partial charge in [0.1, 0.15) is 5.82 Å². The summed E-state index contributed by atoms with van der Waals surface area (Å²) in [5.41, 5.74) is 2.65. The fourth-order valence-corrected chi connectivity index (χ4v) is 2.56. The van der Waals surface area contributed by atoms with Crippen LogP contribution in [-0.4, -0.2) is 23.0 Å². The van der Waals surface area contributed by atoms with Crippen LogP contribution in [0.15, 0.2) is 12.1 Å². The second kappa shape index (κ2) is 5.24. The number of anilines is 2. The molecule has 2 rings (SSSR count). The number of nitrogens with two attached hydrogens (primary N) is 1. The van der Waals surface area contributed by atoms with Crippen molar-refractivity contribution < 1.29 is 4.92 Å². The summed E-state index contributed by atoms with van der Waals surface area (Å²) in [6.07, 6.45) is 1.02. The Morgan fingerprint density at radius 2 is 2.20 bits per heavy atom. The Morgan fingerprint density at radius 1 is 1.50 bits per heavy atom. The third kappa shape index (κ3) is 2.82. The Morgan fingerprint density at radius 3 is 2.70 bits per heavy atom. The molecule has 110 valence electrons. The number of hydrogen-bond donors (Lipinski definition) is 2. The lowest BCUT2D eigenvalue weighted by molar-refractivity contribution is -0.384. The molecule has 1 atom stereocenters. The molecule has 0 aromatic carbocycles. The predicted octanol–water partition coefficient (Wildman–Crippen LogP) is 2.15. The number of aromatic nitrogens is 1. The highest BCUT2D eigenvalue weighted by atomic mass is 16.6. The Bertz CT molecular complexity index is 512. The molecule has 7 heteroatoms. The van der Waals surface area contributed by atoms with Crippen LogP contribution < -0.4 is 16.2 Å². The van der Waals surface area contributed by atoms with Crippen LogP contribution >= 0.6 is 0 Å². The van der Waals surface area contributed by atoms with Gasteiger partial charge in [0.05, 0.1) is 4.92 Å². The average molecular weight is 279 g/mol. The number of rotatable bonds is 3. The monoisotopic (exact) mass is 279 g/mol. The van der Waals surface area contributed by atoms with Gasteiger partial charge in [-0.3, -0.25) is 10.1 Å². The molecule has 1 saturated heterocycles. The molecule has 20 heavy (non-hydrogen) atoms. The molecule has 1 aliphatic rings. The maximum absolute atomic E-state index is 11.1. The molecule has 0 bridgehead atoms. The van der Waals surface area contributed by atoms with Gasteiger partial charge in [-0.05, 0) is 23.8 Å². The first-order valence-corrected chi connectivity index (χ1v) is 6.70. The van der Waals surface area contributed by atoms with Crippen LogP contribution in [0.5, 0.6) is 0 Å². The third-order valence-electron chi connectivity index (χ3n) is 3.91. The Balaban J connectivity index is 2.30. The minimum absolute atomic E-state index is 0.0264. The van der Waals surface area contributed by atoms with E-state index in [1.807, 2.05) is 4.90 Å². The first kappa shape index (κ1) is 14.5. The maximum atomic E-state index is 11.1. The summed E-state index contributed by atoms with van der Waals surface area (Å²) in [6.45, 7) is 8.15. The molecule has 3 N–H and O–H groups in total. The maximum Gasteiger partial charge on any atom is 0.311 e. The smallest absolute Gasteiger partial charge is 0.311 e.